The maximum Gasteiger partial charge on any atom is 0.225 e. The van der Waals surface area contributed by atoms with Gasteiger partial charge in [-0.25, -0.2) is 9.97 Å². The average Bonchev–Trinajstić information content (AvgIpc) is 2.81. The SMILES string of the molecule is COc1ccccc1OCCNC(=O)[C@@H]1CCc2nc(N3CCCCC3)ncc2C1. The van der Waals surface area contributed by atoms with Gasteiger partial charge in [0.15, 0.2) is 11.5 Å². The molecule has 0 saturated carbocycles. The van der Waals surface area contributed by atoms with Crippen LogP contribution in [0.3, 0.4) is 0 Å². The van der Waals surface area contributed by atoms with Crippen LogP contribution in [0.25, 0.3) is 0 Å². The maximum absolute atomic E-state index is 12.6. The van der Waals surface area contributed by atoms with E-state index in [2.05, 4.69) is 15.2 Å². The van der Waals surface area contributed by atoms with E-state index >= 15 is 0 Å². The average molecular weight is 411 g/mol. The monoisotopic (exact) mass is 410 g/mol. The number of nitrogens with one attached hydrogen (secondary N) is 1. The number of hydrogen-bond donors (Lipinski definition) is 1. The smallest absolute Gasteiger partial charge is 0.225 e. The van der Waals surface area contributed by atoms with Gasteiger partial charge < -0.3 is 19.7 Å². The number of nitrogens with zero attached hydrogens (tertiary/aromatic N) is 3. The molecule has 4 rings (SSSR count). The van der Waals surface area contributed by atoms with Crippen molar-refractivity contribution in [1.82, 2.24) is 15.3 Å². The summed E-state index contributed by atoms with van der Waals surface area (Å²) in [6.07, 6.45) is 8.00. The molecule has 2 aromatic rings. The fourth-order valence-electron chi connectivity index (χ4n) is 4.18. The molecule has 1 fully saturated rings. The lowest BCUT2D eigenvalue weighted by atomic mass is 9.86. The Bertz CT molecular complexity index is 867. The van der Waals surface area contributed by atoms with E-state index in [0.717, 1.165) is 43.1 Å². The molecule has 1 aliphatic heterocycles. The molecule has 0 bridgehead atoms. The van der Waals surface area contributed by atoms with Crippen molar-refractivity contribution in [2.45, 2.75) is 38.5 Å². The second-order valence-corrected chi connectivity index (χ2v) is 7.92. The minimum atomic E-state index is -0.0341. The number of benzene rings is 1. The van der Waals surface area contributed by atoms with Gasteiger partial charge in [0.05, 0.1) is 13.7 Å². The van der Waals surface area contributed by atoms with Gasteiger partial charge in [0.25, 0.3) is 0 Å². The molecule has 160 valence electrons. The molecule has 1 aliphatic carbocycles. The quantitative estimate of drug-likeness (QED) is 0.708. The Balaban J connectivity index is 1.26. The Kier molecular flexibility index (Phi) is 6.67. The van der Waals surface area contributed by atoms with Gasteiger partial charge in [-0.1, -0.05) is 12.1 Å². The molecule has 0 spiro atoms. The zero-order chi connectivity index (χ0) is 20.8. The van der Waals surface area contributed by atoms with Crippen LogP contribution in [0.2, 0.25) is 0 Å². The van der Waals surface area contributed by atoms with Gasteiger partial charge in [-0.2, -0.15) is 0 Å². The van der Waals surface area contributed by atoms with Crippen molar-refractivity contribution in [2.24, 2.45) is 5.92 Å². The summed E-state index contributed by atoms with van der Waals surface area (Å²) in [4.78, 5) is 24.3. The number of hydrogen-bond acceptors (Lipinski definition) is 6. The highest BCUT2D eigenvalue weighted by Gasteiger charge is 2.26. The molecule has 2 heterocycles. The number of ether oxygens (including phenoxy) is 2. The molecule has 1 aromatic heterocycles. The second kappa shape index (κ2) is 9.78. The van der Waals surface area contributed by atoms with Crippen LogP contribution >= 0.6 is 0 Å². The third kappa shape index (κ3) is 4.83. The molecule has 0 unspecified atom stereocenters. The lowest BCUT2D eigenvalue weighted by Gasteiger charge is -2.28. The van der Waals surface area contributed by atoms with Gasteiger partial charge in [-0.3, -0.25) is 4.79 Å². The number of carbonyl (C=O) groups is 1. The van der Waals surface area contributed by atoms with Crippen LogP contribution in [0.15, 0.2) is 30.5 Å². The number of piperidine rings is 1. The fourth-order valence-corrected chi connectivity index (χ4v) is 4.18. The van der Waals surface area contributed by atoms with E-state index < -0.39 is 0 Å². The Hall–Kier alpha value is -2.83. The summed E-state index contributed by atoms with van der Waals surface area (Å²) in [7, 11) is 1.62. The number of carbonyl (C=O) groups excluding carboxylic acids is 1. The van der Waals surface area contributed by atoms with E-state index in [1.54, 1.807) is 7.11 Å². The standard InChI is InChI=1S/C23H30N4O3/c1-29-20-7-3-4-8-21(20)30-14-11-24-22(28)17-9-10-19-18(15-17)16-25-23(26-19)27-12-5-2-6-13-27/h3-4,7-8,16-17H,2,5-6,9-15H2,1H3,(H,24,28)/t17-/m1/s1. The van der Waals surface area contributed by atoms with Gasteiger partial charge in [0.2, 0.25) is 11.9 Å². The summed E-state index contributed by atoms with van der Waals surface area (Å²) < 4.78 is 11.0. The van der Waals surface area contributed by atoms with Crippen LogP contribution in [0.1, 0.15) is 36.9 Å². The Labute approximate surface area is 177 Å². The first-order chi connectivity index (χ1) is 14.7. The number of aryl methyl sites for hydroxylation is 1. The van der Waals surface area contributed by atoms with Crippen LogP contribution < -0.4 is 19.7 Å². The molecule has 1 aromatic carbocycles. The third-order valence-electron chi connectivity index (χ3n) is 5.88. The van der Waals surface area contributed by atoms with Crippen LogP contribution in [0, 0.1) is 5.92 Å². The molecule has 1 amide bonds. The maximum atomic E-state index is 12.6. The number of amides is 1. The number of rotatable bonds is 7. The minimum Gasteiger partial charge on any atom is -0.493 e. The van der Waals surface area contributed by atoms with Crippen molar-refractivity contribution in [3.05, 3.63) is 41.7 Å². The third-order valence-corrected chi connectivity index (χ3v) is 5.88. The van der Waals surface area contributed by atoms with E-state index in [-0.39, 0.29) is 11.8 Å². The van der Waals surface area contributed by atoms with Crippen LogP contribution in [-0.2, 0) is 17.6 Å². The normalized spacial score (nSPS) is 18.4. The van der Waals surface area contributed by atoms with Crippen molar-refractivity contribution >= 4 is 11.9 Å². The second-order valence-electron chi connectivity index (χ2n) is 7.92. The summed E-state index contributed by atoms with van der Waals surface area (Å²) in [5.74, 6) is 2.27. The zero-order valence-electron chi connectivity index (χ0n) is 17.6. The van der Waals surface area contributed by atoms with Crippen molar-refractivity contribution in [1.29, 1.82) is 0 Å². The van der Waals surface area contributed by atoms with Crippen LogP contribution in [-0.4, -0.2) is 49.2 Å². The van der Waals surface area contributed by atoms with Crippen molar-refractivity contribution < 1.29 is 14.3 Å². The number of para-hydroxylation sites is 2. The Morgan fingerprint density at radius 1 is 1.20 bits per heavy atom. The predicted molar refractivity (Wildman–Crippen MR) is 115 cm³/mol. The molecule has 7 nitrogen and oxygen atoms in total. The summed E-state index contributed by atoms with van der Waals surface area (Å²) in [6.45, 7) is 2.95. The largest absolute Gasteiger partial charge is 0.493 e. The number of methoxy groups -OCH3 is 1. The van der Waals surface area contributed by atoms with E-state index in [9.17, 15) is 4.79 Å². The molecule has 30 heavy (non-hydrogen) atoms. The predicted octanol–water partition coefficient (Wildman–Crippen LogP) is 2.78. The Morgan fingerprint density at radius 3 is 2.80 bits per heavy atom. The summed E-state index contributed by atoms with van der Waals surface area (Å²) >= 11 is 0. The van der Waals surface area contributed by atoms with Crippen molar-refractivity contribution in [3.8, 4) is 11.5 Å². The molecular formula is C23H30N4O3. The van der Waals surface area contributed by atoms with Gasteiger partial charge in [0.1, 0.15) is 6.61 Å². The first kappa shape index (κ1) is 20.4. The van der Waals surface area contributed by atoms with Crippen LogP contribution in [0.4, 0.5) is 5.95 Å². The number of aromatic nitrogens is 2. The van der Waals surface area contributed by atoms with Crippen molar-refractivity contribution in [3.63, 3.8) is 0 Å². The summed E-state index contributed by atoms with van der Waals surface area (Å²) in [5.41, 5.74) is 2.21. The van der Waals surface area contributed by atoms with E-state index in [1.807, 2.05) is 30.5 Å². The first-order valence-electron chi connectivity index (χ1n) is 10.9. The highest BCUT2D eigenvalue weighted by molar-refractivity contribution is 5.79. The molecule has 0 radical (unpaired) electrons. The van der Waals surface area contributed by atoms with Crippen molar-refractivity contribution in [2.75, 3.05) is 38.3 Å². The summed E-state index contributed by atoms with van der Waals surface area (Å²) in [5, 5.41) is 3.00. The highest BCUT2D eigenvalue weighted by Crippen LogP contribution is 2.27. The molecule has 1 N–H and O–H groups in total. The van der Waals surface area contributed by atoms with E-state index in [4.69, 9.17) is 14.5 Å². The summed E-state index contributed by atoms with van der Waals surface area (Å²) in [6, 6.07) is 7.51. The molecule has 7 heteroatoms. The van der Waals surface area contributed by atoms with E-state index in [0.29, 0.717) is 31.1 Å². The molecular weight excluding hydrogens is 380 g/mol. The van der Waals surface area contributed by atoms with Gasteiger partial charge in [-0.15, -0.1) is 0 Å². The van der Waals surface area contributed by atoms with E-state index in [1.165, 1.54) is 19.3 Å². The van der Waals surface area contributed by atoms with Gasteiger partial charge >= 0.3 is 0 Å². The highest BCUT2D eigenvalue weighted by atomic mass is 16.5. The van der Waals surface area contributed by atoms with Gasteiger partial charge in [0, 0.05) is 30.9 Å². The lowest BCUT2D eigenvalue weighted by Crippen LogP contribution is -2.37. The molecule has 2 aliphatic rings. The number of fused-ring (bicyclic) bond motifs is 1. The first-order valence-corrected chi connectivity index (χ1v) is 10.9. The lowest BCUT2D eigenvalue weighted by molar-refractivity contribution is -0.125. The topological polar surface area (TPSA) is 76.6 Å². The van der Waals surface area contributed by atoms with Crippen LogP contribution in [0.5, 0.6) is 11.5 Å². The zero-order valence-corrected chi connectivity index (χ0v) is 17.6. The fraction of sp³-hybridized carbons (Fsp3) is 0.522. The molecule has 1 atom stereocenters. The van der Waals surface area contributed by atoms with Gasteiger partial charge in [-0.05, 0) is 56.2 Å². The Morgan fingerprint density at radius 2 is 2.00 bits per heavy atom. The minimum absolute atomic E-state index is 0.0341. The number of anilines is 1. The molecule has 1 saturated heterocycles.